The molecule has 5 heteroatoms. The summed E-state index contributed by atoms with van der Waals surface area (Å²) in [6.07, 6.45) is 11.2. The molecule has 0 atom stereocenters. The van der Waals surface area contributed by atoms with Gasteiger partial charge in [0.15, 0.2) is 5.69 Å². The molecule has 0 aliphatic heterocycles. The SMILES string of the molecule is CCCCCCc1ccc(OC(=O)c2cnc(-c3ccc(OCCCC)cc3)cn2)cc1. The summed E-state index contributed by atoms with van der Waals surface area (Å²) in [6.45, 7) is 5.06. The van der Waals surface area contributed by atoms with Crippen LogP contribution >= 0.6 is 0 Å². The van der Waals surface area contributed by atoms with Gasteiger partial charge >= 0.3 is 5.97 Å². The molecule has 0 saturated heterocycles. The Labute approximate surface area is 190 Å². The summed E-state index contributed by atoms with van der Waals surface area (Å²) >= 11 is 0. The fourth-order valence-corrected chi connectivity index (χ4v) is 3.28. The van der Waals surface area contributed by atoms with Crippen molar-refractivity contribution >= 4 is 5.97 Å². The van der Waals surface area contributed by atoms with Crippen LogP contribution in [-0.4, -0.2) is 22.5 Å². The highest BCUT2D eigenvalue weighted by Gasteiger charge is 2.12. The molecular formula is C27H32N2O3. The van der Waals surface area contributed by atoms with Crippen molar-refractivity contribution in [2.75, 3.05) is 6.61 Å². The summed E-state index contributed by atoms with van der Waals surface area (Å²) in [6, 6.07) is 15.4. The molecule has 0 aliphatic carbocycles. The maximum absolute atomic E-state index is 12.4. The van der Waals surface area contributed by atoms with Crippen molar-refractivity contribution in [1.29, 1.82) is 0 Å². The Hall–Kier alpha value is -3.21. The van der Waals surface area contributed by atoms with Crippen LogP contribution in [0.3, 0.4) is 0 Å². The molecule has 0 bridgehead atoms. The van der Waals surface area contributed by atoms with Crippen molar-refractivity contribution < 1.29 is 14.3 Å². The van der Waals surface area contributed by atoms with Gasteiger partial charge in [-0.15, -0.1) is 0 Å². The van der Waals surface area contributed by atoms with E-state index in [2.05, 4.69) is 23.8 Å². The molecule has 0 radical (unpaired) electrons. The van der Waals surface area contributed by atoms with Gasteiger partial charge < -0.3 is 9.47 Å². The number of hydrogen-bond donors (Lipinski definition) is 0. The van der Waals surface area contributed by atoms with E-state index < -0.39 is 5.97 Å². The smallest absolute Gasteiger partial charge is 0.363 e. The number of esters is 1. The van der Waals surface area contributed by atoms with E-state index in [9.17, 15) is 4.79 Å². The number of aromatic nitrogens is 2. The molecule has 3 rings (SSSR count). The monoisotopic (exact) mass is 432 g/mol. The summed E-state index contributed by atoms with van der Waals surface area (Å²) in [5.41, 5.74) is 3.03. The highest BCUT2D eigenvalue weighted by atomic mass is 16.5. The number of ether oxygens (including phenoxy) is 2. The molecule has 2 aromatic carbocycles. The van der Waals surface area contributed by atoms with E-state index in [1.165, 1.54) is 37.4 Å². The predicted molar refractivity (Wildman–Crippen MR) is 127 cm³/mol. The molecule has 32 heavy (non-hydrogen) atoms. The molecule has 0 unspecified atom stereocenters. The lowest BCUT2D eigenvalue weighted by molar-refractivity contribution is 0.0728. The van der Waals surface area contributed by atoms with Gasteiger partial charge in [0.1, 0.15) is 11.5 Å². The third-order valence-corrected chi connectivity index (χ3v) is 5.23. The van der Waals surface area contributed by atoms with Crippen LogP contribution in [0.1, 0.15) is 68.4 Å². The summed E-state index contributed by atoms with van der Waals surface area (Å²) < 4.78 is 11.1. The van der Waals surface area contributed by atoms with Crippen LogP contribution in [0, 0.1) is 0 Å². The summed E-state index contributed by atoms with van der Waals surface area (Å²) in [5.74, 6) is 0.832. The number of unbranched alkanes of at least 4 members (excludes halogenated alkanes) is 4. The lowest BCUT2D eigenvalue weighted by Gasteiger charge is -2.07. The highest BCUT2D eigenvalue weighted by molar-refractivity contribution is 5.88. The van der Waals surface area contributed by atoms with E-state index in [0.717, 1.165) is 30.6 Å². The fraction of sp³-hybridized carbons (Fsp3) is 0.370. The zero-order chi connectivity index (χ0) is 22.6. The molecule has 0 spiro atoms. The number of carbonyl (C=O) groups is 1. The van der Waals surface area contributed by atoms with Crippen LogP contribution in [0.4, 0.5) is 0 Å². The van der Waals surface area contributed by atoms with Crippen LogP contribution in [0.5, 0.6) is 11.5 Å². The summed E-state index contributed by atoms with van der Waals surface area (Å²) in [4.78, 5) is 21.0. The predicted octanol–water partition coefficient (Wildman–Crippen LogP) is 6.66. The van der Waals surface area contributed by atoms with Crippen LogP contribution in [-0.2, 0) is 6.42 Å². The van der Waals surface area contributed by atoms with Gasteiger partial charge in [-0.05, 0) is 61.2 Å². The van der Waals surface area contributed by atoms with Gasteiger partial charge in [0.2, 0.25) is 0 Å². The molecular weight excluding hydrogens is 400 g/mol. The standard InChI is InChI=1S/C27H32N2O3/c1-3-5-7-8-9-21-10-14-24(15-11-21)32-27(30)26-20-28-25(19-29-26)22-12-16-23(17-13-22)31-18-6-4-2/h10-17,19-20H,3-9,18H2,1-2H3. The molecule has 0 amide bonds. The first-order valence-corrected chi connectivity index (χ1v) is 11.6. The topological polar surface area (TPSA) is 61.3 Å². The second kappa shape index (κ2) is 12.6. The minimum Gasteiger partial charge on any atom is -0.494 e. The fourth-order valence-electron chi connectivity index (χ4n) is 3.28. The Bertz CT molecular complexity index is 952. The number of hydrogen-bond acceptors (Lipinski definition) is 5. The Morgan fingerprint density at radius 1 is 0.781 bits per heavy atom. The molecule has 5 nitrogen and oxygen atoms in total. The van der Waals surface area contributed by atoms with E-state index in [1.54, 1.807) is 6.20 Å². The minimum atomic E-state index is -0.514. The molecule has 0 fully saturated rings. The first-order valence-electron chi connectivity index (χ1n) is 11.6. The highest BCUT2D eigenvalue weighted by Crippen LogP contribution is 2.21. The molecule has 1 aromatic heterocycles. The van der Waals surface area contributed by atoms with Crippen molar-refractivity contribution in [3.8, 4) is 22.8 Å². The number of aryl methyl sites for hydroxylation is 1. The van der Waals surface area contributed by atoms with Gasteiger partial charge in [-0.25, -0.2) is 9.78 Å². The van der Waals surface area contributed by atoms with Crippen molar-refractivity contribution in [2.45, 2.75) is 58.8 Å². The lowest BCUT2D eigenvalue weighted by Crippen LogP contribution is -2.11. The zero-order valence-electron chi connectivity index (χ0n) is 19.0. The van der Waals surface area contributed by atoms with Crippen molar-refractivity contribution in [3.63, 3.8) is 0 Å². The summed E-state index contributed by atoms with van der Waals surface area (Å²) in [7, 11) is 0. The van der Waals surface area contributed by atoms with Crippen LogP contribution in [0.25, 0.3) is 11.3 Å². The molecule has 0 aliphatic rings. The number of nitrogens with zero attached hydrogens (tertiary/aromatic N) is 2. The lowest BCUT2D eigenvalue weighted by atomic mass is 10.1. The van der Waals surface area contributed by atoms with E-state index >= 15 is 0 Å². The van der Waals surface area contributed by atoms with Crippen LogP contribution in [0.15, 0.2) is 60.9 Å². The largest absolute Gasteiger partial charge is 0.494 e. The molecule has 168 valence electrons. The average Bonchev–Trinajstić information content (AvgIpc) is 2.83. The molecule has 0 saturated carbocycles. The molecule has 3 aromatic rings. The third-order valence-electron chi connectivity index (χ3n) is 5.23. The second-order valence-corrected chi connectivity index (χ2v) is 7.86. The van der Waals surface area contributed by atoms with Gasteiger partial charge in [0, 0.05) is 5.56 Å². The average molecular weight is 433 g/mol. The van der Waals surface area contributed by atoms with Crippen molar-refractivity contribution in [2.24, 2.45) is 0 Å². The summed E-state index contributed by atoms with van der Waals surface area (Å²) in [5, 5.41) is 0. The maximum atomic E-state index is 12.4. The van der Waals surface area contributed by atoms with Gasteiger partial charge in [-0.1, -0.05) is 51.7 Å². The molecule has 1 heterocycles. The van der Waals surface area contributed by atoms with Gasteiger partial charge in [-0.3, -0.25) is 4.98 Å². The first-order chi connectivity index (χ1) is 15.7. The van der Waals surface area contributed by atoms with E-state index in [-0.39, 0.29) is 5.69 Å². The Kier molecular flexibility index (Phi) is 9.23. The van der Waals surface area contributed by atoms with Gasteiger partial charge in [-0.2, -0.15) is 0 Å². The maximum Gasteiger partial charge on any atom is 0.363 e. The number of carbonyl (C=O) groups excluding carboxylic acids is 1. The number of rotatable bonds is 12. The second-order valence-electron chi connectivity index (χ2n) is 7.86. The minimum absolute atomic E-state index is 0.178. The van der Waals surface area contributed by atoms with Crippen LogP contribution in [0.2, 0.25) is 0 Å². The first kappa shape index (κ1) is 23.5. The van der Waals surface area contributed by atoms with Gasteiger partial charge in [0.05, 0.1) is 24.7 Å². The van der Waals surface area contributed by atoms with Crippen molar-refractivity contribution in [1.82, 2.24) is 9.97 Å². The van der Waals surface area contributed by atoms with E-state index in [1.807, 2.05) is 48.5 Å². The van der Waals surface area contributed by atoms with E-state index in [4.69, 9.17) is 9.47 Å². The van der Waals surface area contributed by atoms with Crippen molar-refractivity contribution in [3.05, 3.63) is 72.2 Å². The number of benzene rings is 2. The Morgan fingerprint density at radius 3 is 2.16 bits per heavy atom. The quantitative estimate of drug-likeness (QED) is 0.182. The normalized spacial score (nSPS) is 10.7. The van der Waals surface area contributed by atoms with E-state index in [0.29, 0.717) is 18.1 Å². The van der Waals surface area contributed by atoms with Crippen LogP contribution < -0.4 is 9.47 Å². The van der Waals surface area contributed by atoms with Gasteiger partial charge in [0.25, 0.3) is 0 Å². The Morgan fingerprint density at radius 2 is 1.50 bits per heavy atom. The zero-order valence-corrected chi connectivity index (χ0v) is 19.0. The third kappa shape index (κ3) is 7.19. The molecule has 0 N–H and O–H groups in total. The Balaban J connectivity index is 1.53.